The number of nitrogens with zero attached hydrogens (tertiary/aromatic N) is 2. The molecule has 0 aromatic rings. The van der Waals surface area contributed by atoms with E-state index < -0.39 is 70.7 Å². The van der Waals surface area contributed by atoms with E-state index in [0.717, 1.165) is 0 Å². The van der Waals surface area contributed by atoms with Gasteiger partial charge in [0.1, 0.15) is 13.4 Å². The molecular weight excluding hydrogens is 923 g/mol. The third-order valence-electron chi connectivity index (χ3n) is 9.68. The molecule has 2 aliphatic heterocycles. The van der Waals surface area contributed by atoms with Crippen LogP contribution in [0.1, 0.15) is 111 Å². The van der Waals surface area contributed by atoms with Gasteiger partial charge in [0.05, 0.1) is 31.0 Å². The van der Waals surface area contributed by atoms with Crippen molar-refractivity contribution in [3.63, 3.8) is 0 Å². The van der Waals surface area contributed by atoms with Crippen molar-refractivity contribution in [2.24, 2.45) is 23.7 Å². The number of hydrogen-bond donors (Lipinski definition) is 1. The number of amides is 4. The zero-order valence-corrected chi connectivity index (χ0v) is 35.8. The summed E-state index contributed by atoms with van der Waals surface area (Å²) in [7, 11) is 6.30. The molecule has 2 saturated heterocycles. The van der Waals surface area contributed by atoms with Crippen LogP contribution >= 0.6 is 0 Å². The van der Waals surface area contributed by atoms with Crippen molar-refractivity contribution in [1.29, 1.82) is 0 Å². The minimum absolute atomic E-state index is 0. The summed E-state index contributed by atoms with van der Waals surface area (Å²) in [5.74, 6) is -5.31. The van der Waals surface area contributed by atoms with Crippen LogP contribution in [0.15, 0.2) is 0 Å². The molecule has 0 bridgehead atoms. The monoisotopic (exact) mass is 970 g/mol. The Bertz CT molecular complexity index is 1250. The van der Waals surface area contributed by atoms with E-state index in [0.29, 0.717) is 67.9 Å². The van der Waals surface area contributed by atoms with Crippen LogP contribution in [0.5, 0.6) is 0 Å². The number of hydroxylamine groups is 4. The van der Waals surface area contributed by atoms with Crippen LogP contribution < -0.4 is 0 Å². The number of imide groups is 2. The SMILES string of the molecule is [B]C(C)(CCOC(O)C1CCC(C(=O)ON2C(=O)CCC2=O)CC1)OCCC(C)(C)OC(=O)C1CCC(C(=O)ON2C(=O)CCC2=O)CC1.[Ce].[Ce]. The minimum atomic E-state index is -1.08. The van der Waals surface area contributed by atoms with Crippen molar-refractivity contribution in [3.05, 3.63) is 0 Å². The molecule has 2 saturated carbocycles. The third kappa shape index (κ3) is 13.9. The van der Waals surface area contributed by atoms with Crippen molar-refractivity contribution in [3.8, 4) is 0 Å². The number of hydrogen-bond acceptors (Lipinski definition) is 13. The largest absolute Gasteiger partial charge is 0.459 e. The number of carbonyl (C=O) groups excluding carboxylic acids is 7. The molecule has 4 aliphatic rings. The summed E-state index contributed by atoms with van der Waals surface area (Å²) in [4.78, 5) is 94.7. The summed E-state index contributed by atoms with van der Waals surface area (Å²) in [6.45, 7) is 5.54. The van der Waals surface area contributed by atoms with Gasteiger partial charge in [0.25, 0.3) is 23.6 Å². The van der Waals surface area contributed by atoms with Crippen LogP contribution in [-0.2, 0) is 57.4 Å². The Hall–Kier alpha value is -0.612. The predicted octanol–water partition coefficient (Wildman–Crippen LogP) is 2.15. The number of ether oxygens (including phenoxy) is 3. The van der Waals surface area contributed by atoms with Gasteiger partial charge >= 0.3 is 17.9 Å². The molecule has 0 aromatic heterocycles. The first-order valence-corrected chi connectivity index (χ1v) is 17.2. The zero-order valence-electron chi connectivity index (χ0n) is 29.5. The van der Waals surface area contributed by atoms with Crippen molar-refractivity contribution >= 4 is 49.4 Å². The predicted molar refractivity (Wildman–Crippen MR) is 167 cm³/mol. The number of aliphatic hydroxyl groups excluding tert-OH is 1. The molecule has 2 heterocycles. The Kier molecular flexibility index (Phi) is 19.1. The Morgan fingerprint density at radius 2 is 1.08 bits per heavy atom. The molecule has 4 rings (SSSR count). The molecule has 278 valence electrons. The fourth-order valence-corrected chi connectivity index (χ4v) is 6.38. The van der Waals surface area contributed by atoms with E-state index in [2.05, 4.69) is 0 Å². The standard InChI is InChI=1S/C33H47BN2O13.2Ce/c1-32(2,47-29(42)21-6-10-23(11-7-21)31(44)49-36-26(39)14-15-27(36)40)16-19-46-33(3,34)17-18-45-28(41)20-4-8-22(9-5-20)30(43)48-35-24(37)12-13-25(35)38;;/h20-23,28,41H,4-19H2,1-3H3;;. The van der Waals surface area contributed by atoms with E-state index in [1.165, 1.54) is 0 Å². The van der Waals surface area contributed by atoms with Crippen LogP contribution in [-0.4, -0.2) is 95.2 Å². The molecule has 0 spiro atoms. The van der Waals surface area contributed by atoms with Crippen LogP contribution in [0.25, 0.3) is 0 Å². The molecule has 1 N–H and O–H groups in total. The number of aliphatic hydroxyl groups is 1. The first-order chi connectivity index (χ1) is 23.0. The molecule has 2 atom stereocenters. The van der Waals surface area contributed by atoms with E-state index in [4.69, 9.17) is 31.7 Å². The minimum Gasteiger partial charge on any atom is -0.459 e. The first kappa shape index (κ1) is 46.5. The summed E-state index contributed by atoms with van der Waals surface area (Å²) in [5.41, 5.74) is -1.93. The fraction of sp³-hybridized carbons (Fsp3) is 0.788. The summed E-state index contributed by atoms with van der Waals surface area (Å²) in [6.07, 6.45) is 3.14. The van der Waals surface area contributed by atoms with Crippen molar-refractivity contribution < 1.29 is 146 Å². The van der Waals surface area contributed by atoms with Crippen LogP contribution in [0.2, 0.25) is 0 Å². The number of esters is 1. The van der Waals surface area contributed by atoms with Gasteiger partial charge in [0, 0.05) is 127 Å². The van der Waals surface area contributed by atoms with Gasteiger partial charge in [-0.15, -0.1) is 10.1 Å². The summed E-state index contributed by atoms with van der Waals surface area (Å²) in [6, 6.07) is 0. The molecule has 2 unspecified atom stereocenters. The molecule has 4 amide bonds. The van der Waals surface area contributed by atoms with Crippen molar-refractivity contribution in [2.45, 2.75) is 128 Å². The van der Waals surface area contributed by atoms with Crippen molar-refractivity contribution in [1.82, 2.24) is 10.1 Å². The Labute approximate surface area is 366 Å². The van der Waals surface area contributed by atoms with Gasteiger partial charge in [-0.25, -0.2) is 9.59 Å². The van der Waals surface area contributed by atoms with Gasteiger partial charge in [0.15, 0.2) is 6.29 Å². The third-order valence-corrected chi connectivity index (χ3v) is 9.68. The topological polar surface area (TPSA) is 192 Å². The zero-order chi connectivity index (χ0) is 35.9. The summed E-state index contributed by atoms with van der Waals surface area (Å²) >= 11 is 0. The maximum atomic E-state index is 12.9. The number of carbonyl (C=O) groups is 7. The van der Waals surface area contributed by atoms with Gasteiger partial charge in [-0.3, -0.25) is 24.0 Å². The summed E-state index contributed by atoms with van der Waals surface area (Å²) in [5, 5.41) is 11.7. The van der Waals surface area contributed by atoms with E-state index in [1.807, 2.05) is 0 Å². The van der Waals surface area contributed by atoms with Crippen LogP contribution in [0.4, 0.5) is 0 Å². The normalized spacial score (nSPS) is 25.7. The Morgan fingerprint density at radius 1 is 0.686 bits per heavy atom. The van der Waals surface area contributed by atoms with Crippen molar-refractivity contribution in [2.75, 3.05) is 13.2 Å². The second-order valence-electron chi connectivity index (χ2n) is 14.2. The van der Waals surface area contributed by atoms with Gasteiger partial charge in [-0.2, -0.15) is 0 Å². The number of rotatable bonds is 15. The summed E-state index contributed by atoms with van der Waals surface area (Å²) < 4.78 is 17.3. The second kappa shape index (κ2) is 20.9. The maximum absolute atomic E-state index is 12.9. The molecule has 18 heteroatoms. The molecular formula is C33H47BCe2N2O13. The second-order valence-corrected chi connectivity index (χ2v) is 14.2. The van der Waals surface area contributed by atoms with Gasteiger partial charge in [0.2, 0.25) is 0 Å². The fourth-order valence-electron chi connectivity index (χ4n) is 6.38. The van der Waals surface area contributed by atoms with E-state index in [1.54, 1.807) is 20.8 Å². The van der Waals surface area contributed by atoms with Gasteiger partial charge in [-0.1, -0.05) is 0 Å². The molecule has 0 aromatic carbocycles. The first-order valence-electron chi connectivity index (χ1n) is 17.2. The Balaban J connectivity index is 0.00000451. The van der Waals surface area contributed by atoms with E-state index in [-0.39, 0.29) is 141 Å². The molecule has 15 nitrogen and oxygen atoms in total. The van der Waals surface area contributed by atoms with Gasteiger partial charge < -0.3 is 29.0 Å². The quantitative estimate of drug-likeness (QED) is 0.109. The average molecular weight is 971 g/mol. The molecule has 4 fully saturated rings. The maximum Gasteiger partial charge on any atom is 0.336 e. The average Bonchev–Trinajstić information content (AvgIpc) is 3.54. The van der Waals surface area contributed by atoms with Crippen LogP contribution in [0.3, 0.4) is 0 Å². The van der Waals surface area contributed by atoms with Crippen LogP contribution in [0, 0.1) is 107 Å². The smallest absolute Gasteiger partial charge is 0.336 e. The van der Waals surface area contributed by atoms with E-state index in [9.17, 15) is 38.7 Å². The molecule has 2 aliphatic carbocycles. The van der Waals surface area contributed by atoms with E-state index >= 15 is 0 Å². The Morgan fingerprint density at radius 3 is 1.51 bits per heavy atom. The molecule has 51 heavy (non-hydrogen) atoms. The van der Waals surface area contributed by atoms with Gasteiger partial charge in [-0.05, 0) is 78.6 Å². The molecule has 2 radical (unpaired) electrons.